The summed E-state index contributed by atoms with van der Waals surface area (Å²) in [4.78, 5) is 0. The van der Waals surface area contributed by atoms with Crippen LogP contribution in [-0.4, -0.2) is 37.2 Å². The molecule has 1 aliphatic heterocycles. The van der Waals surface area contributed by atoms with Crippen LogP contribution in [0.3, 0.4) is 0 Å². The van der Waals surface area contributed by atoms with Crippen molar-refractivity contribution in [2.45, 2.75) is 12.2 Å². The van der Waals surface area contributed by atoms with Gasteiger partial charge < -0.3 is 9.84 Å². The summed E-state index contributed by atoms with van der Waals surface area (Å²) in [6.45, 7) is 0. The lowest BCUT2D eigenvalue weighted by Crippen LogP contribution is -2.29. The maximum Gasteiger partial charge on any atom is 0.156 e. The van der Waals surface area contributed by atoms with Gasteiger partial charge >= 0.3 is 0 Å². The van der Waals surface area contributed by atoms with E-state index in [-0.39, 0.29) is 11.5 Å². The number of hydrogen-bond donors (Lipinski definition) is 1. The molecule has 1 aliphatic rings. The van der Waals surface area contributed by atoms with Gasteiger partial charge in [0, 0.05) is 0 Å². The highest BCUT2D eigenvalue weighted by atomic mass is 79.9. The van der Waals surface area contributed by atoms with Crippen LogP contribution in [0.25, 0.3) is 0 Å². The summed E-state index contributed by atoms with van der Waals surface area (Å²) in [7, 11) is -3.17. The van der Waals surface area contributed by atoms with Gasteiger partial charge in [-0.2, -0.15) is 0 Å². The van der Waals surface area contributed by atoms with Gasteiger partial charge in [0.1, 0.15) is 18.0 Å². The molecule has 0 bridgehead atoms. The molecule has 2 unspecified atom stereocenters. The molecule has 6 heteroatoms. The van der Waals surface area contributed by atoms with Crippen LogP contribution in [0.5, 0.6) is 5.75 Å². The molecule has 0 radical (unpaired) electrons. The molecule has 1 aromatic rings. The molecule has 2 atom stereocenters. The molecule has 0 aliphatic carbocycles. The van der Waals surface area contributed by atoms with Crippen molar-refractivity contribution in [1.29, 1.82) is 0 Å². The first-order chi connectivity index (χ1) is 7.48. The van der Waals surface area contributed by atoms with E-state index in [2.05, 4.69) is 15.9 Å². The van der Waals surface area contributed by atoms with Crippen LogP contribution >= 0.6 is 15.9 Å². The first-order valence-corrected chi connectivity index (χ1v) is 7.39. The monoisotopic (exact) mass is 306 g/mol. The lowest BCUT2D eigenvalue weighted by atomic mass is 10.2. The number of hydrogen-bond acceptors (Lipinski definition) is 4. The van der Waals surface area contributed by atoms with Gasteiger partial charge in [-0.25, -0.2) is 8.42 Å². The third kappa shape index (κ3) is 2.56. The molecule has 16 heavy (non-hydrogen) atoms. The van der Waals surface area contributed by atoms with Crippen LogP contribution in [0.4, 0.5) is 0 Å². The summed E-state index contributed by atoms with van der Waals surface area (Å²) in [5, 5.41) is 9.56. The van der Waals surface area contributed by atoms with E-state index >= 15 is 0 Å². The van der Waals surface area contributed by atoms with E-state index in [0.29, 0.717) is 5.75 Å². The van der Waals surface area contributed by atoms with Gasteiger partial charge in [-0.05, 0) is 28.1 Å². The van der Waals surface area contributed by atoms with Crippen LogP contribution in [-0.2, 0) is 9.84 Å². The quantitative estimate of drug-likeness (QED) is 0.885. The molecular weight excluding hydrogens is 296 g/mol. The van der Waals surface area contributed by atoms with E-state index in [4.69, 9.17) is 4.74 Å². The Bertz CT molecular complexity index is 485. The number of halogens is 1. The predicted molar refractivity (Wildman–Crippen MR) is 63.2 cm³/mol. The summed E-state index contributed by atoms with van der Waals surface area (Å²) in [5.74, 6) is 0.195. The Morgan fingerprint density at radius 2 is 2.00 bits per heavy atom. The van der Waals surface area contributed by atoms with Gasteiger partial charge in [0.2, 0.25) is 0 Å². The summed E-state index contributed by atoms with van der Waals surface area (Å²) in [6, 6.07) is 7.14. The Balaban J connectivity index is 2.15. The largest absolute Gasteiger partial charge is 0.485 e. The van der Waals surface area contributed by atoms with Crippen LogP contribution in [0.2, 0.25) is 0 Å². The van der Waals surface area contributed by atoms with E-state index in [0.717, 1.165) is 4.47 Å². The summed E-state index contributed by atoms with van der Waals surface area (Å²) in [6.07, 6.45) is -1.62. The molecule has 1 fully saturated rings. The molecule has 1 heterocycles. The highest BCUT2D eigenvalue weighted by Gasteiger charge is 2.38. The minimum absolute atomic E-state index is 0.129. The SMILES string of the molecule is O=S1(=O)CC(O)C(Oc2ccccc2Br)C1. The first-order valence-electron chi connectivity index (χ1n) is 4.77. The number of sulfone groups is 1. The van der Waals surface area contributed by atoms with Crippen molar-refractivity contribution in [3.05, 3.63) is 28.7 Å². The van der Waals surface area contributed by atoms with Gasteiger partial charge in [-0.15, -0.1) is 0 Å². The number of ether oxygens (including phenoxy) is 1. The molecule has 0 saturated carbocycles. The van der Waals surface area contributed by atoms with Crippen LogP contribution in [0.15, 0.2) is 28.7 Å². The van der Waals surface area contributed by atoms with E-state index in [1.54, 1.807) is 18.2 Å². The normalized spacial score (nSPS) is 27.9. The van der Waals surface area contributed by atoms with Crippen molar-refractivity contribution in [2.75, 3.05) is 11.5 Å². The number of benzene rings is 1. The maximum absolute atomic E-state index is 11.3. The smallest absolute Gasteiger partial charge is 0.156 e. The lowest BCUT2D eigenvalue weighted by Gasteiger charge is -2.16. The fourth-order valence-corrected chi connectivity index (χ4v) is 3.65. The molecule has 0 aromatic heterocycles. The predicted octanol–water partition coefficient (Wildman–Crippen LogP) is 0.986. The van der Waals surface area contributed by atoms with Gasteiger partial charge in [-0.1, -0.05) is 12.1 Å². The molecule has 1 saturated heterocycles. The van der Waals surface area contributed by atoms with Crippen molar-refractivity contribution in [2.24, 2.45) is 0 Å². The van der Waals surface area contributed by atoms with Crippen molar-refractivity contribution in [1.82, 2.24) is 0 Å². The van der Waals surface area contributed by atoms with Crippen LogP contribution < -0.4 is 4.74 Å². The Hall–Kier alpha value is -0.590. The van der Waals surface area contributed by atoms with Crippen LogP contribution in [0.1, 0.15) is 0 Å². The van der Waals surface area contributed by atoms with E-state index in [9.17, 15) is 13.5 Å². The van der Waals surface area contributed by atoms with E-state index in [1.165, 1.54) is 0 Å². The van der Waals surface area contributed by atoms with Crippen molar-refractivity contribution in [3.8, 4) is 5.75 Å². The third-order valence-electron chi connectivity index (χ3n) is 2.39. The topological polar surface area (TPSA) is 63.6 Å². The Morgan fingerprint density at radius 1 is 1.31 bits per heavy atom. The molecule has 1 aromatic carbocycles. The number of rotatable bonds is 2. The molecule has 4 nitrogen and oxygen atoms in total. The zero-order valence-corrected chi connectivity index (χ0v) is 10.7. The van der Waals surface area contributed by atoms with Gasteiger partial charge in [0.25, 0.3) is 0 Å². The minimum Gasteiger partial charge on any atom is -0.485 e. The highest BCUT2D eigenvalue weighted by molar-refractivity contribution is 9.10. The molecule has 0 spiro atoms. The second-order valence-corrected chi connectivity index (χ2v) is 6.74. The number of para-hydroxylation sites is 1. The van der Waals surface area contributed by atoms with Crippen LogP contribution in [0, 0.1) is 0 Å². The van der Waals surface area contributed by atoms with E-state index in [1.807, 2.05) is 6.07 Å². The van der Waals surface area contributed by atoms with Crippen molar-refractivity contribution in [3.63, 3.8) is 0 Å². The summed E-state index contributed by atoms with van der Waals surface area (Å²) >= 11 is 3.30. The summed E-state index contributed by atoms with van der Waals surface area (Å²) < 4.78 is 28.8. The second-order valence-electron chi connectivity index (χ2n) is 3.73. The molecule has 2 rings (SSSR count). The highest BCUT2D eigenvalue weighted by Crippen LogP contribution is 2.27. The number of aliphatic hydroxyl groups is 1. The van der Waals surface area contributed by atoms with Gasteiger partial charge in [-0.3, -0.25) is 0 Å². The standard InChI is InChI=1S/C10H11BrO4S/c11-7-3-1-2-4-9(7)15-10-6-16(13,14)5-8(10)12/h1-4,8,10,12H,5-6H2. The lowest BCUT2D eigenvalue weighted by molar-refractivity contribution is 0.0733. The summed E-state index contributed by atoms with van der Waals surface area (Å²) in [5.41, 5.74) is 0. The zero-order chi connectivity index (χ0) is 11.8. The van der Waals surface area contributed by atoms with Crippen molar-refractivity contribution < 1.29 is 18.3 Å². The fraction of sp³-hybridized carbons (Fsp3) is 0.400. The van der Waals surface area contributed by atoms with E-state index < -0.39 is 22.0 Å². The minimum atomic E-state index is -3.17. The molecule has 1 N–H and O–H groups in total. The Labute approximate surface area is 102 Å². The zero-order valence-electron chi connectivity index (χ0n) is 8.34. The Kier molecular flexibility index (Phi) is 3.23. The second kappa shape index (κ2) is 4.35. The molecule has 0 amide bonds. The Morgan fingerprint density at radius 3 is 2.56 bits per heavy atom. The average molecular weight is 307 g/mol. The first kappa shape index (κ1) is 11.9. The van der Waals surface area contributed by atoms with Crippen molar-refractivity contribution >= 4 is 25.8 Å². The third-order valence-corrected chi connectivity index (χ3v) is 4.73. The average Bonchev–Trinajstić information content (AvgIpc) is 2.44. The molecular formula is C10H11BrO4S. The van der Waals surface area contributed by atoms with Gasteiger partial charge in [0.15, 0.2) is 9.84 Å². The molecule has 88 valence electrons. The fourth-order valence-electron chi connectivity index (χ4n) is 1.61. The maximum atomic E-state index is 11.3. The van der Waals surface area contributed by atoms with Gasteiger partial charge in [0.05, 0.1) is 16.0 Å². The number of aliphatic hydroxyl groups excluding tert-OH is 1.